The van der Waals surface area contributed by atoms with Gasteiger partial charge in [0, 0.05) is 25.2 Å². The minimum Gasteiger partial charge on any atom is -0.341 e. The van der Waals surface area contributed by atoms with Crippen LogP contribution in [0.25, 0.3) is 11.2 Å². The number of hydrogen-bond donors (Lipinski definition) is 4. The maximum atomic E-state index is 7.34. The van der Waals surface area contributed by atoms with Gasteiger partial charge in [0.25, 0.3) is 0 Å². The maximum absolute atomic E-state index is 7.34. The highest BCUT2D eigenvalue weighted by Gasteiger charge is 2.10. The van der Waals surface area contributed by atoms with Crippen molar-refractivity contribution >= 4 is 29.4 Å². The lowest BCUT2D eigenvalue weighted by Gasteiger charge is -2.00. The summed E-state index contributed by atoms with van der Waals surface area (Å²) in [6, 6.07) is 1.83. The third-order valence-electron chi connectivity index (χ3n) is 2.35. The molecule has 1 unspecified atom stereocenters. The molecule has 2 rings (SSSR count). The van der Waals surface area contributed by atoms with E-state index in [0.717, 1.165) is 5.69 Å². The second-order valence-corrected chi connectivity index (χ2v) is 3.46. The van der Waals surface area contributed by atoms with Gasteiger partial charge in [-0.05, 0) is 6.07 Å². The zero-order valence-electron chi connectivity index (χ0n) is 9.31. The summed E-state index contributed by atoms with van der Waals surface area (Å²) in [5, 5.41) is 7.34. The van der Waals surface area contributed by atoms with Crippen LogP contribution in [0.15, 0.2) is 17.3 Å². The van der Waals surface area contributed by atoms with Gasteiger partial charge in [0.05, 0.1) is 12.1 Å². The van der Waals surface area contributed by atoms with Crippen LogP contribution in [0.3, 0.4) is 0 Å². The first kappa shape index (κ1) is 11.2. The number of hydrazine groups is 1. The Morgan fingerprint density at radius 3 is 3.12 bits per heavy atom. The quantitative estimate of drug-likeness (QED) is 0.351. The first-order valence-corrected chi connectivity index (χ1v) is 5.03. The molecule has 0 aromatic carbocycles. The van der Waals surface area contributed by atoms with E-state index in [4.69, 9.17) is 11.3 Å². The summed E-state index contributed by atoms with van der Waals surface area (Å²) < 4.78 is 0. The number of hydrogen-bond acceptors (Lipinski definition) is 6. The van der Waals surface area contributed by atoms with Gasteiger partial charge in [-0.3, -0.25) is 4.99 Å². The Morgan fingerprint density at radius 2 is 2.47 bits per heavy atom. The Labute approximate surface area is 97.7 Å². The van der Waals surface area contributed by atoms with E-state index in [9.17, 15) is 0 Å². The number of nitrogens with zero attached hydrogens (tertiary/aromatic N) is 3. The number of rotatable bonds is 4. The van der Waals surface area contributed by atoms with Crippen LogP contribution in [0.4, 0.5) is 5.82 Å². The van der Waals surface area contributed by atoms with Crippen molar-refractivity contribution in [2.24, 2.45) is 10.8 Å². The maximum Gasteiger partial charge on any atom is 0.159 e. The van der Waals surface area contributed by atoms with Gasteiger partial charge >= 0.3 is 0 Å². The van der Waals surface area contributed by atoms with E-state index in [0.29, 0.717) is 17.0 Å². The van der Waals surface area contributed by atoms with E-state index in [1.165, 1.54) is 12.4 Å². The van der Waals surface area contributed by atoms with Gasteiger partial charge in [0.15, 0.2) is 11.5 Å². The highest BCUT2D eigenvalue weighted by atomic mass is 15.3. The number of anilines is 1. The molecule has 7 heteroatoms. The van der Waals surface area contributed by atoms with Crippen molar-refractivity contribution in [2.75, 3.05) is 12.5 Å². The highest BCUT2D eigenvalue weighted by Crippen LogP contribution is 2.17. The molecule has 88 valence electrons. The molecular formula is C10H13N7. The molecule has 7 nitrogen and oxygen atoms in total. The molecule has 0 aliphatic carbocycles. The predicted octanol–water partition coefficient (Wildman–Crippen LogP) is 0.677. The van der Waals surface area contributed by atoms with Gasteiger partial charge < -0.3 is 15.8 Å². The molecule has 0 bridgehead atoms. The summed E-state index contributed by atoms with van der Waals surface area (Å²) in [5.41, 5.74) is 4.63. The number of fused-ring (bicyclic) bond motifs is 1. The van der Waals surface area contributed by atoms with Crippen molar-refractivity contribution in [3.05, 3.63) is 18.0 Å². The summed E-state index contributed by atoms with van der Waals surface area (Å²) in [7, 11) is 1.67. The van der Waals surface area contributed by atoms with Crippen molar-refractivity contribution in [1.82, 2.24) is 15.0 Å². The molecule has 0 spiro atoms. The van der Waals surface area contributed by atoms with E-state index in [1.54, 1.807) is 13.3 Å². The Balaban J connectivity index is 2.46. The lowest BCUT2D eigenvalue weighted by atomic mass is 10.1. The average Bonchev–Trinajstić information content (AvgIpc) is 2.78. The van der Waals surface area contributed by atoms with E-state index >= 15 is 0 Å². The van der Waals surface area contributed by atoms with Gasteiger partial charge in [-0.2, -0.15) is 0 Å². The van der Waals surface area contributed by atoms with Crippen LogP contribution in [-0.4, -0.2) is 34.4 Å². The molecule has 0 amide bonds. The SMILES string of the molecule is CN=CC(C=N)c1cc2nc(NN)cnc2[nH]1. The third-order valence-corrected chi connectivity index (χ3v) is 2.35. The minimum atomic E-state index is -0.190. The molecule has 0 aliphatic heterocycles. The molecule has 17 heavy (non-hydrogen) atoms. The fraction of sp³-hybridized carbons (Fsp3) is 0.200. The predicted molar refractivity (Wildman–Crippen MR) is 67.6 cm³/mol. The van der Waals surface area contributed by atoms with Crippen LogP contribution >= 0.6 is 0 Å². The molecule has 1 atom stereocenters. The molecule has 2 aromatic rings. The smallest absolute Gasteiger partial charge is 0.159 e. The molecule has 0 saturated carbocycles. The van der Waals surface area contributed by atoms with E-state index in [-0.39, 0.29) is 5.92 Å². The number of H-pyrrole nitrogens is 1. The van der Waals surface area contributed by atoms with Crippen molar-refractivity contribution in [3.8, 4) is 0 Å². The molecule has 0 aliphatic rings. The van der Waals surface area contributed by atoms with Crippen LogP contribution < -0.4 is 11.3 Å². The number of nitrogens with one attached hydrogen (secondary N) is 3. The van der Waals surface area contributed by atoms with Crippen molar-refractivity contribution in [1.29, 1.82) is 5.41 Å². The fourth-order valence-corrected chi connectivity index (χ4v) is 1.54. The second-order valence-electron chi connectivity index (χ2n) is 3.46. The molecule has 0 saturated heterocycles. The van der Waals surface area contributed by atoms with Crippen molar-refractivity contribution in [3.63, 3.8) is 0 Å². The summed E-state index contributed by atoms with van der Waals surface area (Å²) in [6.07, 6.45) is 4.52. The van der Waals surface area contributed by atoms with Crippen molar-refractivity contribution < 1.29 is 0 Å². The standard InChI is InChI=1S/C10H13N7/c1-13-4-6(3-11)7-2-8-10(16-7)14-5-9(15-8)17-12/h2-6,11H,12H2,1H3,(H,14,16)(H,15,17). The first-order valence-electron chi connectivity index (χ1n) is 5.03. The highest BCUT2D eigenvalue weighted by molar-refractivity contribution is 5.90. The normalized spacial score (nSPS) is 13.1. The third kappa shape index (κ3) is 2.13. The summed E-state index contributed by atoms with van der Waals surface area (Å²) in [6.45, 7) is 0. The van der Waals surface area contributed by atoms with E-state index in [2.05, 4.69) is 25.4 Å². The molecule has 5 N–H and O–H groups in total. The van der Waals surface area contributed by atoms with Gasteiger partial charge in [-0.1, -0.05) is 0 Å². The number of nitrogen functional groups attached to an aromatic ring is 1. The zero-order valence-corrected chi connectivity index (χ0v) is 9.31. The monoisotopic (exact) mass is 231 g/mol. The Kier molecular flexibility index (Phi) is 3.10. The van der Waals surface area contributed by atoms with E-state index < -0.39 is 0 Å². The number of nitrogens with two attached hydrogens (primary N) is 1. The van der Waals surface area contributed by atoms with Gasteiger partial charge in [0.1, 0.15) is 5.52 Å². The van der Waals surface area contributed by atoms with Gasteiger partial charge in [-0.25, -0.2) is 15.8 Å². The number of aliphatic imine (C=N–C) groups is 1. The zero-order chi connectivity index (χ0) is 12.3. The lowest BCUT2D eigenvalue weighted by molar-refractivity contribution is 1.13. The summed E-state index contributed by atoms with van der Waals surface area (Å²) in [4.78, 5) is 15.4. The number of aromatic nitrogens is 3. The van der Waals surface area contributed by atoms with Crippen LogP contribution in [0.2, 0.25) is 0 Å². The van der Waals surface area contributed by atoms with Crippen molar-refractivity contribution in [2.45, 2.75) is 5.92 Å². The van der Waals surface area contributed by atoms with Gasteiger partial charge in [0.2, 0.25) is 0 Å². The minimum absolute atomic E-state index is 0.190. The van der Waals surface area contributed by atoms with Crippen LogP contribution in [0.5, 0.6) is 0 Å². The van der Waals surface area contributed by atoms with Gasteiger partial charge in [-0.15, -0.1) is 0 Å². The second kappa shape index (κ2) is 4.71. The van der Waals surface area contributed by atoms with E-state index in [1.807, 2.05) is 6.07 Å². The Morgan fingerprint density at radius 1 is 1.65 bits per heavy atom. The number of aromatic amines is 1. The molecule has 0 radical (unpaired) electrons. The fourth-order valence-electron chi connectivity index (χ4n) is 1.54. The van der Waals surface area contributed by atoms with Crippen LogP contribution in [-0.2, 0) is 0 Å². The topological polar surface area (TPSA) is 116 Å². The summed E-state index contributed by atoms with van der Waals surface area (Å²) >= 11 is 0. The average molecular weight is 231 g/mol. The largest absolute Gasteiger partial charge is 0.341 e. The van der Waals surface area contributed by atoms with Crippen LogP contribution in [0.1, 0.15) is 11.6 Å². The molecule has 2 heterocycles. The first-order chi connectivity index (χ1) is 8.28. The van der Waals surface area contributed by atoms with Crippen LogP contribution in [0, 0.1) is 5.41 Å². The lowest BCUT2D eigenvalue weighted by Crippen LogP contribution is -2.08. The molecule has 0 fully saturated rings. The Hall–Kier alpha value is -2.28. The molecule has 2 aromatic heterocycles. The molecular weight excluding hydrogens is 218 g/mol. The summed E-state index contributed by atoms with van der Waals surface area (Å²) in [5.74, 6) is 5.57. The Bertz CT molecular complexity index is 557.